The topological polar surface area (TPSA) is 70.6 Å². The Hall–Kier alpha value is -1.44. The van der Waals surface area contributed by atoms with Crippen molar-refractivity contribution in [2.45, 2.75) is 24.5 Å². The second-order valence-corrected chi connectivity index (χ2v) is 5.03. The van der Waals surface area contributed by atoms with Crippen molar-refractivity contribution in [3.05, 3.63) is 29.8 Å². The van der Waals surface area contributed by atoms with Gasteiger partial charge in [0.1, 0.15) is 5.75 Å². The number of aliphatic hydroxyl groups excluding tert-OH is 1. The summed E-state index contributed by atoms with van der Waals surface area (Å²) in [5, 5.41) is 14.9. The van der Waals surface area contributed by atoms with Crippen molar-refractivity contribution in [1.29, 1.82) is 0 Å². The Morgan fingerprint density at radius 2 is 2.32 bits per heavy atom. The molecule has 3 N–H and O–H groups in total. The highest BCUT2D eigenvalue weighted by Gasteiger charge is 2.42. The molecule has 1 saturated heterocycles. The molecule has 2 atom stereocenters. The number of hydrogen-bond donors (Lipinski definition) is 3. The minimum absolute atomic E-state index is 0. The summed E-state index contributed by atoms with van der Waals surface area (Å²) in [7, 11) is 1.51. The number of aliphatic hydroxyl groups is 1. The molecule has 1 heterocycles. The molecule has 0 aromatic heterocycles. The number of alkyl halides is 2. The summed E-state index contributed by atoms with van der Waals surface area (Å²) in [6.45, 7) is -0.542. The lowest BCUT2D eigenvalue weighted by atomic mass is 10.1. The summed E-state index contributed by atoms with van der Waals surface area (Å²) in [5.74, 6) is -2.79. The van der Waals surface area contributed by atoms with Gasteiger partial charge in [-0.05, 0) is 17.7 Å². The molecule has 0 saturated carbocycles. The Labute approximate surface area is 133 Å². The number of hydrogen-bond acceptors (Lipinski definition) is 4. The Kier molecular flexibility index (Phi) is 6.52. The van der Waals surface area contributed by atoms with Crippen LogP contribution in [0.25, 0.3) is 0 Å². The molecular formula is C14H19ClF2N2O3. The number of rotatable bonds is 5. The fourth-order valence-corrected chi connectivity index (χ4v) is 2.19. The summed E-state index contributed by atoms with van der Waals surface area (Å²) in [4.78, 5) is 11.7. The number of carbonyl (C=O) groups is 1. The average Bonchev–Trinajstić information content (AvgIpc) is 2.84. The molecule has 22 heavy (non-hydrogen) atoms. The van der Waals surface area contributed by atoms with Crippen LogP contribution < -0.4 is 15.4 Å². The van der Waals surface area contributed by atoms with Crippen molar-refractivity contribution in [2.75, 3.05) is 20.2 Å². The molecule has 8 heteroatoms. The number of methoxy groups -OCH3 is 1. The van der Waals surface area contributed by atoms with Crippen molar-refractivity contribution in [1.82, 2.24) is 10.6 Å². The molecule has 1 aliphatic heterocycles. The molecule has 1 amide bonds. The predicted octanol–water partition coefficient (Wildman–Crippen LogP) is 1.26. The van der Waals surface area contributed by atoms with Crippen LogP contribution in [-0.2, 0) is 4.79 Å². The van der Waals surface area contributed by atoms with Gasteiger partial charge in [0, 0.05) is 13.0 Å². The number of nitrogens with one attached hydrogen (secondary N) is 2. The van der Waals surface area contributed by atoms with Gasteiger partial charge in [-0.1, -0.05) is 12.1 Å². The van der Waals surface area contributed by atoms with Crippen molar-refractivity contribution in [3.8, 4) is 5.75 Å². The molecule has 0 bridgehead atoms. The third-order valence-corrected chi connectivity index (χ3v) is 3.37. The maximum absolute atomic E-state index is 13.0. The number of amides is 1. The van der Waals surface area contributed by atoms with Gasteiger partial charge in [0.2, 0.25) is 5.91 Å². The summed E-state index contributed by atoms with van der Waals surface area (Å²) in [5.41, 5.74) is 0.583. The van der Waals surface area contributed by atoms with Gasteiger partial charge in [-0.3, -0.25) is 10.1 Å². The molecule has 0 radical (unpaired) electrons. The quantitative estimate of drug-likeness (QED) is 0.757. The molecular weight excluding hydrogens is 318 g/mol. The Morgan fingerprint density at radius 1 is 1.59 bits per heavy atom. The van der Waals surface area contributed by atoms with Crippen LogP contribution in [0.1, 0.15) is 18.1 Å². The van der Waals surface area contributed by atoms with E-state index >= 15 is 0 Å². The van der Waals surface area contributed by atoms with Crippen LogP contribution >= 0.6 is 12.4 Å². The lowest BCUT2D eigenvalue weighted by Gasteiger charge is -2.15. The Bertz CT molecular complexity index is 517. The van der Waals surface area contributed by atoms with Crippen LogP contribution in [0.3, 0.4) is 0 Å². The fourth-order valence-electron chi connectivity index (χ4n) is 2.19. The molecule has 5 nitrogen and oxygen atoms in total. The van der Waals surface area contributed by atoms with E-state index in [0.29, 0.717) is 11.3 Å². The van der Waals surface area contributed by atoms with Gasteiger partial charge >= 0.3 is 0 Å². The van der Waals surface area contributed by atoms with Crippen molar-refractivity contribution in [2.24, 2.45) is 0 Å². The minimum atomic E-state index is -2.85. The SMILES string of the molecule is COc1cccc(C(O)CNC(=O)C2CC(F)(F)CN2)c1.Cl. The largest absolute Gasteiger partial charge is 0.497 e. The van der Waals surface area contributed by atoms with Crippen LogP contribution in [-0.4, -0.2) is 43.2 Å². The van der Waals surface area contributed by atoms with E-state index in [4.69, 9.17) is 4.74 Å². The monoisotopic (exact) mass is 336 g/mol. The van der Waals surface area contributed by atoms with Gasteiger partial charge in [-0.2, -0.15) is 0 Å². The zero-order valence-electron chi connectivity index (χ0n) is 12.0. The van der Waals surface area contributed by atoms with Crippen LogP contribution in [0.4, 0.5) is 8.78 Å². The van der Waals surface area contributed by atoms with Crippen LogP contribution in [0, 0.1) is 0 Å². The molecule has 1 aliphatic rings. The minimum Gasteiger partial charge on any atom is -0.497 e. The van der Waals surface area contributed by atoms with Gasteiger partial charge in [-0.25, -0.2) is 8.78 Å². The van der Waals surface area contributed by atoms with E-state index in [1.165, 1.54) is 7.11 Å². The fraction of sp³-hybridized carbons (Fsp3) is 0.500. The normalized spacial score (nSPS) is 20.8. The van der Waals surface area contributed by atoms with Crippen LogP contribution in [0.2, 0.25) is 0 Å². The van der Waals surface area contributed by atoms with Gasteiger partial charge in [0.15, 0.2) is 0 Å². The van der Waals surface area contributed by atoms with E-state index in [-0.39, 0.29) is 19.0 Å². The average molecular weight is 337 g/mol. The molecule has 0 spiro atoms. The predicted molar refractivity (Wildman–Crippen MR) is 79.6 cm³/mol. The zero-order chi connectivity index (χ0) is 15.5. The first-order valence-corrected chi connectivity index (χ1v) is 6.62. The second-order valence-electron chi connectivity index (χ2n) is 5.03. The highest BCUT2D eigenvalue weighted by molar-refractivity contribution is 5.85. The van der Waals surface area contributed by atoms with E-state index in [2.05, 4.69) is 10.6 Å². The Morgan fingerprint density at radius 3 is 2.91 bits per heavy atom. The molecule has 2 unspecified atom stereocenters. The zero-order valence-corrected chi connectivity index (χ0v) is 12.8. The molecule has 0 aliphatic carbocycles. The van der Waals surface area contributed by atoms with Gasteiger partial charge in [0.25, 0.3) is 5.92 Å². The third-order valence-electron chi connectivity index (χ3n) is 3.37. The van der Waals surface area contributed by atoms with Crippen molar-refractivity contribution in [3.63, 3.8) is 0 Å². The van der Waals surface area contributed by atoms with E-state index in [1.807, 2.05) is 0 Å². The van der Waals surface area contributed by atoms with Crippen LogP contribution in [0.5, 0.6) is 5.75 Å². The molecule has 1 aromatic rings. The number of halogens is 3. The summed E-state index contributed by atoms with van der Waals surface area (Å²) >= 11 is 0. The highest BCUT2D eigenvalue weighted by atomic mass is 35.5. The highest BCUT2D eigenvalue weighted by Crippen LogP contribution is 2.25. The van der Waals surface area contributed by atoms with Gasteiger partial charge in [-0.15, -0.1) is 12.4 Å². The molecule has 1 aromatic carbocycles. The maximum atomic E-state index is 13.0. The first-order chi connectivity index (χ1) is 9.91. The first-order valence-electron chi connectivity index (χ1n) is 6.62. The van der Waals surface area contributed by atoms with Gasteiger partial charge in [0.05, 0.1) is 25.8 Å². The number of ether oxygens (including phenoxy) is 1. The second kappa shape index (κ2) is 7.71. The van der Waals surface area contributed by atoms with Crippen LogP contribution in [0.15, 0.2) is 24.3 Å². The van der Waals surface area contributed by atoms with E-state index in [0.717, 1.165) is 0 Å². The third kappa shape index (κ3) is 4.79. The maximum Gasteiger partial charge on any atom is 0.262 e. The summed E-state index contributed by atoms with van der Waals surface area (Å²) in [6, 6.07) is 5.88. The van der Waals surface area contributed by atoms with E-state index in [9.17, 15) is 18.7 Å². The lowest BCUT2D eigenvalue weighted by Crippen LogP contribution is -2.41. The summed E-state index contributed by atoms with van der Waals surface area (Å²) < 4.78 is 31.0. The number of benzene rings is 1. The lowest BCUT2D eigenvalue weighted by molar-refractivity contribution is -0.123. The Balaban J connectivity index is 0.00000242. The van der Waals surface area contributed by atoms with Gasteiger partial charge < -0.3 is 15.2 Å². The van der Waals surface area contributed by atoms with E-state index in [1.54, 1.807) is 24.3 Å². The van der Waals surface area contributed by atoms with Crippen molar-refractivity contribution < 1.29 is 23.4 Å². The first kappa shape index (κ1) is 18.6. The molecule has 124 valence electrons. The molecule has 2 rings (SSSR count). The standard InChI is InChI=1S/C14H18F2N2O3.ClH/c1-21-10-4-2-3-9(5-10)12(19)7-17-13(20)11-6-14(15,16)8-18-11;/h2-5,11-12,18-19H,6-8H2,1H3,(H,17,20);1H. The number of carbonyl (C=O) groups excluding carboxylic acids is 1. The van der Waals surface area contributed by atoms with Crippen molar-refractivity contribution >= 4 is 18.3 Å². The smallest absolute Gasteiger partial charge is 0.262 e. The molecule has 1 fully saturated rings. The van der Waals surface area contributed by atoms with E-state index < -0.39 is 36.9 Å². The summed E-state index contributed by atoms with van der Waals surface area (Å²) in [6.07, 6.45) is -1.44.